The number of benzene rings is 2. The average Bonchev–Trinajstić information content (AvgIpc) is 3.56. The third-order valence-corrected chi connectivity index (χ3v) is 7.13. The molecule has 35 heavy (non-hydrogen) atoms. The summed E-state index contributed by atoms with van der Waals surface area (Å²) in [5.74, 6) is 1.10. The molecule has 0 unspecified atom stereocenters. The Balaban J connectivity index is 1.49. The van der Waals surface area contributed by atoms with E-state index in [1.807, 2.05) is 36.4 Å². The largest absolute Gasteiger partial charge is 0.387 e. The van der Waals surface area contributed by atoms with Gasteiger partial charge < -0.3 is 20.1 Å². The number of thiophene rings is 1. The summed E-state index contributed by atoms with van der Waals surface area (Å²) in [4.78, 5) is 24.9. The van der Waals surface area contributed by atoms with E-state index in [-0.39, 0.29) is 0 Å². The normalized spacial score (nSPS) is 14.0. The molecule has 3 N–H and O–H groups in total. The fourth-order valence-corrected chi connectivity index (χ4v) is 5.39. The minimum atomic E-state index is -0.558. The summed E-state index contributed by atoms with van der Waals surface area (Å²) < 4.78 is 6.59. The van der Waals surface area contributed by atoms with Crippen molar-refractivity contribution in [2.24, 2.45) is 0 Å². The summed E-state index contributed by atoms with van der Waals surface area (Å²) in [5.41, 5.74) is 4.31. The molecule has 3 aromatic heterocycles. The van der Waals surface area contributed by atoms with Gasteiger partial charge in [-0.25, -0.2) is 9.97 Å². The van der Waals surface area contributed by atoms with Crippen molar-refractivity contribution in [2.75, 3.05) is 43.1 Å². The topological polar surface area (TPSA) is 116 Å². The molecule has 1 fully saturated rings. The van der Waals surface area contributed by atoms with Crippen LogP contribution in [0.4, 0.5) is 11.5 Å². The summed E-state index contributed by atoms with van der Waals surface area (Å²) >= 11 is 1.63. The zero-order chi connectivity index (χ0) is 23.8. The first-order valence-electron chi connectivity index (χ1n) is 11.3. The molecule has 4 heterocycles. The number of hydrogen-bond donors (Lipinski definition) is 3. The molecule has 0 bridgehead atoms. The Labute approximate surface area is 204 Å². The summed E-state index contributed by atoms with van der Waals surface area (Å²) in [7, 11) is 0. The van der Waals surface area contributed by atoms with Gasteiger partial charge in [0.2, 0.25) is 5.91 Å². The Hall–Kier alpha value is -3.86. The van der Waals surface area contributed by atoms with Crippen molar-refractivity contribution < 1.29 is 14.6 Å². The zero-order valence-corrected chi connectivity index (χ0v) is 19.5. The van der Waals surface area contributed by atoms with Gasteiger partial charge in [0, 0.05) is 34.6 Å². The van der Waals surface area contributed by atoms with Gasteiger partial charge in [-0.05, 0) is 29.8 Å². The van der Waals surface area contributed by atoms with Gasteiger partial charge in [0.15, 0.2) is 11.6 Å². The number of ether oxygens (including phenoxy) is 1. The Bertz CT molecular complexity index is 1540. The van der Waals surface area contributed by atoms with E-state index in [0.717, 1.165) is 56.0 Å². The Kier molecular flexibility index (Phi) is 5.61. The number of nitrogens with zero attached hydrogens (tertiary/aromatic N) is 4. The van der Waals surface area contributed by atoms with Crippen LogP contribution in [0.15, 0.2) is 54.7 Å². The number of nitrogens with one attached hydrogen (secondary N) is 2. The highest BCUT2D eigenvalue weighted by Gasteiger charge is 2.21. The first-order chi connectivity index (χ1) is 17.2. The molecule has 5 aromatic rings. The molecular formula is C25H22N6O3S. The van der Waals surface area contributed by atoms with Gasteiger partial charge in [0.1, 0.15) is 6.61 Å². The van der Waals surface area contributed by atoms with E-state index in [2.05, 4.69) is 26.5 Å². The molecule has 0 radical (unpaired) electrons. The maximum Gasteiger partial charge on any atom is 0.250 e. The van der Waals surface area contributed by atoms with E-state index in [1.54, 1.807) is 23.6 Å². The van der Waals surface area contributed by atoms with Gasteiger partial charge in [-0.15, -0.1) is 11.3 Å². The van der Waals surface area contributed by atoms with E-state index in [0.29, 0.717) is 24.7 Å². The van der Waals surface area contributed by atoms with Crippen molar-refractivity contribution in [1.29, 1.82) is 0 Å². The summed E-state index contributed by atoms with van der Waals surface area (Å²) in [6, 6.07) is 15.6. The summed E-state index contributed by atoms with van der Waals surface area (Å²) in [6.07, 6.45) is 1.80. The number of fused-ring (bicyclic) bond motifs is 2. The first kappa shape index (κ1) is 21.7. The summed E-state index contributed by atoms with van der Waals surface area (Å²) in [5, 5.41) is 19.9. The number of H-pyrrole nitrogens is 1. The van der Waals surface area contributed by atoms with E-state index >= 15 is 0 Å². The molecule has 6 rings (SSSR count). The van der Waals surface area contributed by atoms with E-state index in [1.165, 1.54) is 0 Å². The highest BCUT2D eigenvalue weighted by atomic mass is 32.1. The van der Waals surface area contributed by atoms with Gasteiger partial charge in [0.25, 0.3) is 0 Å². The van der Waals surface area contributed by atoms with E-state index in [9.17, 15) is 4.79 Å². The van der Waals surface area contributed by atoms with Crippen molar-refractivity contribution in [3.63, 3.8) is 0 Å². The monoisotopic (exact) mass is 486 g/mol. The third kappa shape index (κ3) is 4.12. The van der Waals surface area contributed by atoms with Crippen molar-refractivity contribution in [2.45, 2.75) is 0 Å². The minimum absolute atomic E-state index is 0.447. The van der Waals surface area contributed by atoms with Crippen LogP contribution in [0.2, 0.25) is 0 Å². The number of aliphatic hydroxyl groups is 1. The standard InChI is InChI=1S/C25H22N6O3S/c32-14-22(33)27-16-4-1-3-15(11-16)21-12-20-23(35-21)25(31-7-9-34-10-8-31)29-24(28-20)17-5-2-6-19-18(17)13-26-30-19/h1-6,11-13,32H,7-10,14H2,(H,26,30)(H,27,33). The molecule has 0 saturated carbocycles. The van der Waals surface area contributed by atoms with Gasteiger partial charge in [0.05, 0.1) is 35.1 Å². The number of aliphatic hydroxyl groups excluding tert-OH is 1. The smallest absolute Gasteiger partial charge is 0.250 e. The van der Waals surface area contributed by atoms with Crippen molar-refractivity contribution in [3.8, 4) is 21.8 Å². The maximum atomic E-state index is 11.6. The number of anilines is 2. The van der Waals surface area contributed by atoms with Crippen LogP contribution < -0.4 is 10.2 Å². The van der Waals surface area contributed by atoms with Crippen LogP contribution in [0.5, 0.6) is 0 Å². The molecule has 0 spiro atoms. The molecule has 1 aliphatic heterocycles. The van der Waals surface area contributed by atoms with Crippen LogP contribution in [0.3, 0.4) is 0 Å². The number of morpholine rings is 1. The minimum Gasteiger partial charge on any atom is -0.387 e. The lowest BCUT2D eigenvalue weighted by atomic mass is 10.1. The molecule has 0 atom stereocenters. The van der Waals surface area contributed by atoms with Crippen molar-refractivity contribution in [1.82, 2.24) is 20.2 Å². The Morgan fingerprint density at radius 3 is 2.86 bits per heavy atom. The number of aromatic amines is 1. The molecule has 0 aliphatic carbocycles. The zero-order valence-electron chi connectivity index (χ0n) is 18.7. The lowest BCUT2D eigenvalue weighted by Crippen LogP contribution is -2.36. The van der Waals surface area contributed by atoms with Crippen LogP contribution in [-0.4, -0.2) is 64.1 Å². The van der Waals surface area contributed by atoms with Gasteiger partial charge >= 0.3 is 0 Å². The molecule has 1 saturated heterocycles. The van der Waals surface area contributed by atoms with Crippen LogP contribution >= 0.6 is 11.3 Å². The van der Waals surface area contributed by atoms with Crippen LogP contribution in [0.1, 0.15) is 0 Å². The molecule has 176 valence electrons. The molecule has 2 aromatic carbocycles. The van der Waals surface area contributed by atoms with Gasteiger partial charge in [-0.1, -0.05) is 24.3 Å². The lowest BCUT2D eigenvalue weighted by molar-refractivity contribution is -0.118. The molecule has 1 aliphatic rings. The molecular weight excluding hydrogens is 464 g/mol. The number of rotatable bonds is 5. The van der Waals surface area contributed by atoms with Crippen LogP contribution in [-0.2, 0) is 9.53 Å². The highest BCUT2D eigenvalue weighted by Crippen LogP contribution is 2.40. The molecule has 10 heteroatoms. The highest BCUT2D eigenvalue weighted by molar-refractivity contribution is 7.22. The summed E-state index contributed by atoms with van der Waals surface area (Å²) in [6.45, 7) is 2.28. The lowest BCUT2D eigenvalue weighted by Gasteiger charge is -2.28. The predicted molar refractivity (Wildman–Crippen MR) is 137 cm³/mol. The second-order valence-electron chi connectivity index (χ2n) is 8.22. The van der Waals surface area contributed by atoms with Gasteiger partial charge in [-0.3, -0.25) is 9.89 Å². The maximum absolute atomic E-state index is 11.6. The fourth-order valence-electron chi connectivity index (χ4n) is 4.28. The number of carbonyl (C=O) groups excluding carboxylic acids is 1. The number of carbonyl (C=O) groups is 1. The third-order valence-electron chi connectivity index (χ3n) is 5.96. The molecule has 1 amide bonds. The van der Waals surface area contributed by atoms with Crippen LogP contribution in [0.25, 0.3) is 42.9 Å². The van der Waals surface area contributed by atoms with Crippen molar-refractivity contribution in [3.05, 3.63) is 54.7 Å². The average molecular weight is 487 g/mol. The fraction of sp³-hybridized carbons (Fsp3) is 0.200. The van der Waals surface area contributed by atoms with Crippen LogP contribution in [0, 0.1) is 0 Å². The van der Waals surface area contributed by atoms with Gasteiger partial charge in [-0.2, -0.15) is 5.10 Å². The Morgan fingerprint density at radius 2 is 2.00 bits per heavy atom. The Morgan fingerprint density at radius 1 is 1.14 bits per heavy atom. The van der Waals surface area contributed by atoms with E-state index in [4.69, 9.17) is 19.8 Å². The van der Waals surface area contributed by atoms with E-state index < -0.39 is 12.5 Å². The predicted octanol–water partition coefficient (Wildman–Crippen LogP) is 3.67. The number of hydrogen-bond acceptors (Lipinski definition) is 8. The second-order valence-corrected chi connectivity index (χ2v) is 9.27. The SMILES string of the molecule is O=C(CO)Nc1cccc(-c2cc3nc(-c4cccc5[nH]ncc45)nc(N4CCOCC4)c3s2)c1. The second kappa shape index (κ2) is 9.06. The number of aromatic nitrogens is 4. The quantitative estimate of drug-likeness (QED) is 0.347. The van der Waals surface area contributed by atoms with Crippen molar-refractivity contribution >= 4 is 49.9 Å². The number of amides is 1. The molecule has 9 nitrogen and oxygen atoms in total. The first-order valence-corrected chi connectivity index (χ1v) is 12.1.